The molecular formula is C16H22N4O4S. The first-order chi connectivity index (χ1) is 11.7. The minimum absolute atomic E-state index is 0.130. The van der Waals surface area contributed by atoms with Crippen molar-refractivity contribution in [2.24, 2.45) is 5.41 Å². The van der Waals surface area contributed by atoms with E-state index in [4.69, 9.17) is 9.26 Å². The van der Waals surface area contributed by atoms with Crippen molar-refractivity contribution in [2.45, 2.75) is 46.0 Å². The lowest BCUT2D eigenvalue weighted by molar-refractivity contribution is -0.140. The third-order valence-electron chi connectivity index (χ3n) is 3.80. The van der Waals surface area contributed by atoms with E-state index in [1.807, 2.05) is 27.7 Å². The molecule has 2 amide bonds. The number of nitrogens with zero attached hydrogens (tertiary/aromatic N) is 3. The molecule has 2 atom stereocenters. The van der Waals surface area contributed by atoms with Crippen molar-refractivity contribution in [3.8, 4) is 0 Å². The van der Waals surface area contributed by atoms with Gasteiger partial charge in [0.2, 0.25) is 0 Å². The number of carbonyl (C=O) groups is 2. The Hall–Kier alpha value is -2.03. The number of fused-ring (bicyclic) bond motifs is 1. The molecule has 1 fully saturated rings. The normalized spacial score (nSPS) is 23.2. The molecule has 1 saturated heterocycles. The molecule has 2 aliphatic heterocycles. The number of thioether (sulfide) groups is 1. The maximum Gasteiger partial charge on any atom is 0.407 e. The van der Waals surface area contributed by atoms with Crippen LogP contribution in [0.5, 0.6) is 0 Å². The highest BCUT2D eigenvalue weighted by Crippen LogP contribution is 2.43. The third kappa shape index (κ3) is 3.51. The van der Waals surface area contributed by atoms with Crippen LogP contribution in [0.15, 0.2) is 10.1 Å². The van der Waals surface area contributed by atoms with Gasteiger partial charge in [-0.3, -0.25) is 9.69 Å². The van der Waals surface area contributed by atoms with Gasteiger partial charge in [-0.15, -0.1) is 11.8 Å². The summed E-state index contributed by atoms with van der Waals surface area (Å²) in [5.74, 6) is 1.37. The van der Waals surface area contributed by atoms with Crippen LogP contribution in [0.25, 0.3) is 5.70 Å². The zero-order valence-electron chi connectivity index (χ0n) is 15.0. The lowest BCUT2D eigenvalue weighted by Crippen LogP contribution is -2.69. The van der Waals surface area contributed by atoms with Gasteiger partial charge in [0.1, 0.15) is 17.1 Å². The van der Waals surface area contributed by atoms with Gasteiger partial charge in [-0.2, -0.15) is 4.98 Å². The molecule has 3 rings (SSSR count). The second-order valence-corrected chi connectivity index (χ2v) is 8.55. The molecule has 0 saturated carbocycles. The van der Waals surface area contributed by atoms with E-state index in [0.717, 1.165) is 11.3 Å². The van der Waals surface area contributed by atoms with E-state index in [1.54, 1.807) is 23.6 Å². The Kier molecular flexibility index (Phi) is 4.52. The average molecular weight is 366 g/mol. The van der Waals surface area contributed by atoms with E-state index < -0.39 is 12.1 Å². The molecule has 3 heterocycles. The molecular weight excluding hydrogens is 344 g/mol. The van der Waals surface area contributed by atoms with Crippen LogP contribution in [-0.2, 0) is 9.53 Å². The molecule has 2 aliphatic rings. The highest BCUT2D eigenvalue weighted by Gasteiger charge is 2.53. The molecule has 9 heteroatoms. The SMILES string of the molecule is CC1=C(c2nc(C)no2)N2C(=O)[C@@H](NC(=O)OCC(C)(C)C)[C@H]2SC1. The molecule has 0 aliphatic carbocycles. The first kappa shape index (κ1) is 17.8. The number of aryl methyl sites for hydroxylation is 1. The van der Waals surface area contributed by atoms with Gasteiger partial charge < -0.3 is 14.6 Å². The number of nitrogens with one attached hydrogen (secondary N) is 1. The number of alkyl carbamates (subject to hydrolysis) is 1. The summed E-state index contributed by atoms with van der Waals surface area (Å²) in [6.45, 7) is 9.86. The van der Waals surface area contributed by atoms with Gasteiger partial charge in [-0.05, 0) is 24.8 Å². The van der Waals surface area contributed by atoms with Crippen LogP contribution in [0.3, 0.4) is 0 Å². The number of aromatic nitrogens is 2. The molecule has 0 radical (unpaired) electrons. The summed E-state index contributed by atoms with van der Waals surface area (Å²) >= 11 is 1.59. The first-order valence-electron chi connectivity index (χ1n) is 8.06. The van der Waals surface area contributed by atoms with Crippen LogP contribution in [0.1, 0.15) is 39.4 Å². The number of carbonyl (C=O) groups excluding carboxylic acids is 2. The fourth-order valence-electron chi connectivity index (χ4n) is 2.62. The van der Waals surface area contributed by atoms with Gasteiger partial charge in [0.15, 0.2) is 5.82 Å². The zero-order chi connectivity index (χ0) is 18.4. The van der Waals surface area contributed by atoms with E-state index in [-0.39, 0.29) is 23.3 Å². The molecule has 0 spiro atoms. The number of rotatable bonds is 3. The number of hydrogen-bond acceptors (Lipinski definition) is 7. The van der Waals surface area contributed by atoms with E-state index in [0.29, 0.717) is 17.4 Å². The second kappa shape index (κ2) is 6.36. The van der Waals surface area contributed by atoms with Crippen LogP contribution in [0.4, 0.5) is 4.79 Å². The van der Waals surface area contributed by atoms with E-state index >= 15 is 0 Å². The van der Waals surface area contributed by atoms with Crippen LogP contribution >= 0.6 is 11.8 Å². The van der Waals surface area contributed by atoms with E-state index in [9.17, 15) is 9.59 Å². The highest BCUT2D eigenvalue weighted by atomic mass is 32.2. The molecule has 1 aromatic rings. The van der Waals surface area contributed by atoms with Crippen molar-refractivity contribution in [3.05, 3.63) is 17.3 Å². The van der Waals surface area contributed by atoms with Gasteiger partial charge >= 0.3 is 6.09 Å². The Morgan fingerprint density at radius 3 is 2.76 bits per heavy atom. The van der Waals surface area contributed by atoms with E-state index in [2.05, 4.69) is 15.5 Å². The largest absolute Gasteiger partial charge is 0.449 e. The number of ether oxygens (including phenoxy) is 1. The molecule has 1 N–H and O–H groups in total. The van der Waals surface area contributed by atoms with Gasteiger partial charge in [-0.1, -0.05) is 25.9 Å². The molecule has 0 bridgehead atoms. The number of hydrogen-bond donors (Lipinski definition) is 1. The Morgan fingerprint density at radius 1 is 1.44 bits per heavy atom. The van der Waals surface area contributed by atoms with Crippen molar-refractivity contribution in [2.75, 3.05) is 12.4 Å². The maximum atomic E-state index is 12.6. The minimum Gasteiger partial charge on any atom is -0.449 e. The summed E-state index contributed by atoms with van der Waals surface area (Å²) in [5, 5.41) is 6.27. The smallest absolute Gasteiger partial charge is 0.407 e. The van der Waals surface area contributed by atoms with Crippen molar-refractivity contribution in [1.29, 1.82) is 0 Å². The Balaban J connectivity index is 1.69. The standard InChI is InChI=1S/C16H22N4O4S/c1-8-6-25-14-10(18-15(22)23-7-16(3,4)5)13(21)20(14)11(8)12-17-9(2)19-24-12/h10,14H,6-7H2,1-5H3,(H,18,22)/t10-,14-/m1/s1. The summed E-state index contributed by atoms with van der Waals surface area (Å²) in [7, 11) is 0. The van der Waals surface area contributed by atoms with Gasteiger partial charge in [0.25, 0.3) is 11.8 Å². The van der Waals surface area contributed by atoms with Gasteiger partial charge in [0.05, 0.1) is 6.61 Å². The highest BCUT2D eigenvalue weighted by molar-refractivity contribution is 8.00. The quantitative estimate of drug-likeness (QED) is 0.819. The van der Waals surface area contributed by atoms with E-state index in [1.165, 1.54) is 0 Å². The average Bonchev–Trinajstić information content (AvgIpc) is 2.95. The molecule has 8 nitrogen and oxygen atoms in total. The summed E-state index contributed by atoms with van der Waals surface area (Å²) < 4.78 is 10.4. The lowest BCUT2D eigenvalue weighted by atomic mass is 9.99. The predicted molar refractivity (Wildman–Crippen MR) is 92.4 cm³/mol. The zero-order valence-corrected chi connectivity index (χ0v) is 15.8. The Morgan fingerprint density at radius 2 is 2.16 bits per heavy atom. The van der Waals surface area contributed by atoms with Gasteiger partial charge in [0, 0.05) is 5.75 Å². The second-order valence-electron chi connectivity index (χ2n) is 7.44. The summed E-state index contributed by atoms with van der Waals surface area (Å²) in [6.07, 6.45) is -0.574. The maximum absolute atomic E-state index is 12.6. The van der Waals surface area contributed by atoms with Crippen molar-refractivity contribution >= 4 is 29.5 Å². The predicted octanol–water partition coefficient (Wildman–Crippen LogP) is 2.17. The van der Waals surface area contributed by atoms with Crippen molar-refractivity contribution < 1.29 is 18.8 Å². The molecule has 25 heavy (non-hydrogen) atoms. The summed E-state index contributed by atoms with van der Waals surface area (Å²) in [4.78, 5) is 30.4. The fraction of sp³-hybridized carbons (Fsp3) is 0.625. The minimum atomic E-state index is -0.607. The molecule has 136 valence electrons. The van der Waals surface area contributed by atoms with Crippen molar-refractivity contribution in [1.82, 2.24) is 20.4 Å². The lowest BCUT2D eigenvalue weighted by Gasteiger charge is -2.49. The van der Waals surface area contributed by atoms with Crippen molar-refractivity contribution in [3.63, 3.8) is 0 Å². The Bertz CT molecular complexity index is 737. The topological polar surface area (TPSA) is 97.6 Å². The number of amides is 2. The molecule has 0 aromatic carbocycles. The summed E-state index contributed by atoms with van der Waals surface area (Å²) in [6, 6.07) is -0.607. The van der Waals surface area contributed by atoms with Crippen LogP contribution in [-0.4, -0.2) is 50.8 Å². The molecule has 1 aromatic heterocycles. The third-order valence-corrected chi connectivity index (χ3v) is 5.22. The fourth-order valence-corrected chi connectivity index (χ4v) is 3.91. The van der Waals surface area contributed by atoms with Crippen LogP contribution in [0.2, 0.25) is 0 Å². The number of β-lactam (4-membered cyclic amide) rings is 1. The van der Waals surface area contributed by atoms with Crippen LogP contribution in [0, 0.1) is 12.3 Å². The van der Waals surface area contributed by atoms with Gasteiger partial charge in [-0.25, -0.2) is 4.79 Å². The van der Waals surface area contributed by atoms with Crippen LogP contribution < -0.4 is 5.32 Å². The Labute approximate surface area is 150 Å². The first-order valence-corrected chi connectivity index (χ1v) is 9.10. The molecule has 0 unspecified atom stereocenters. The monoisotopic (exact) mass is 366 g/mol. The summed E-state index contributed by atoms with van der Waals surface area (Å²) in [5.41, 5.74) is 1.51.